The fraction of sp³-hybridized carbons (Fsp3) is 0.250. The average Bonchev–Trinajstić information content (AvgIpc) is 2.99. The summed E-state index contributed by atoms with van der Waals surface area (Å²) in [6.07, 6.45) is 2.37. The topological polar surface area (TPSA) is 43.1 Å². The number of carbonyl (C=O) groups is 1. The van der Waals surface area contributed by atoms with Crippen molar-refractivity contribution in [1.82, 2.24) is 0 Å². The monoisotopic (exact) mass is 295 g/mol. The second kappa shape index (κ2) is 3.57. The third-order valence-electron chi connectivity index (χ3n) is 2.90. The van der Waals surface area contributed by atoms with Gasteiger partial charge in [0, 0.05) is 9.17 Å². The van der Waals surface area contributed by atoms with Crippen LogP contribution in [0.25, 0.3) is 10.1 Å². The standard InChI is InChI=1S/C12H10BrNOS/c13-7-3-4-8-9(5-7)16-11(12(14)15)10(8)6-1-2-6/h3-6H,1-2H2,(H2,14,15). The van der Waals surface area contributed by atoms with Crippen molar-refractivity contribution < 1.29 is 4.79 Å². The molecule has 82 valence electrons. The second-order valence-corrected chi connectivity index (χ2v) is 6.09. The molecule has 1 aliphatic rings. The predicted octanol–water partition coefficient (Wildman–Crippen LogP) is 3.64. The van der Waals surface area contributed by atoms with Crippen molar-refractivity contribution in [2.75, 3.05) is 0 Å². The Hall–Kier alpha value is -0.870. The van der Waals surface area contributed by atoms with Crippen molar-refractivity contribution in [3.63, 3.8) is 0 Å². The molecule has 0 radical (unpaired) electrons. The average molecular weight is 296 g/mol. The quantitative estimate of drug-likeness (QED) is 0.903. The SMILES string of the molecule is NC(=O)c1sc2cc(Br)ccc2c1C1CC1. The Morgan fingerprint density at radius 2 is 2.19 bits per heavy atom. The highest BCUT2D eigenvalue weighted by atomic mass is 79.9. The van der Waals surface area contributed by atoms with Gasteiger partial charge in [-0.1, -0.05) is 22.0 Å². The van der Waals surface area contributed by atoms with Crippen molar-refractivity contribution in [2.24, 2.45) is 5.73 Å². The van der Waals surface area contributed by atoms with Gasteiger partial charge in [0.1, 0.15) is 0 Å². The van der Waals surface area contributed by atoms with Crippen LogP contribution in [0.4, 0.5) is 0 Å². The first-order valence-corrected chi connectivity index (χ1v) is 6.79. The van der Waals surface area contributed by atoms with Crippen molar-refractivity contribution in [3.8, 4) is 0 Å². The number of amides is 1. The van der Waals surface area contributed by atoms with E-state index in [9.17, 15) is 4.79 Å². The molecule has 1 amide bonds. The van der Waals surface area contributed by atoms with Crippen molar-refractivity contribution >= 4 is 43.3 Å². The van der Waals surface area contributed by atoms with Gasteiger partial charge in [0.2, 0.25) is 0 Å². The first-order valence-electron chi connectivity index (χ1n) is 5.18. The number of carbonyl (C=O) groups excluding carboxylic acids is 1. The van der Waals surface area contributed by atoms with Crippen LogP contribution in [0, 0.1) is 0 Å². The Labute approximate surface area is 106 Å². The molecule has 0 bridgehead atoms. The van der Waals surface area contributed by atoms with Crippen LogP contribution in [0.2, 0.25) is 0 Å². The summed E-state index contributed by atoms with van der Waals surface area (Å²) in [6, 6.07) is 6.15. The summed E-state index contributed by atoms with van der Waals surface area (Å²) in [6.45, 7) is 0. The molecule has 2 N–H and O–H groups in total. The molecule has 0 aliphatic heterocycles. The summed E-state index contributed by atoms with van der Waals surface area (Å²) in [5.74, 6) is 0.261. The number of rotatable bonds is 2. The van der Waals surface area contributed by atoms with Gasteiger partial charge in [-0.2, -0.15) is 0 Å². The van der Waals surface area contributed by atoms with Gasteiger partial charge in [-0.05, 0) is 41.8 Å². The largest absolute Gasteiger partial charge is 0.365 e. The van der Waals surface area contributed by atoms with Crippen molar-refractivity contribution in [3.05, 3.63) is 33.1 Å². The maximum atomic E-state index is 11.4. The smallest absolute Gasteiger partial charge is 0.259 e. The molecule has 0 saturated heterocycles. The molecule has 1 aromatic carbocycles. The normalized spacial score (nSPS) is 15.6. The van der Waals surface area contributed by atoms with E-state index in [1.165, 1.54) is 35.1 Å². The van der Waals surface area contributed by atoms with Gasteiger partial charge >= 0.3 is 0 Å². The Balaban J connectivity index is 2.32. The number of primary amides is 1. The van der Waals surface area contributed by atoms with E-state index < -0.39 is 0 Å². The minimum Gasteiger partial charge on any atom is -0.365 e. The zero-order valence-electron chi connectivity index (χ0n) is 8.50. The van der Waals surface area contributed by atoms with Gasteiger partial charge < -0.3 is 5.73 Å². The number of hydrogen-bond donors (Lipinski definition) is 1. The Morgan fingerprint density at radius 3 is 2.81 bits per heavy atom. The van der Waals surface area contributed by atoms with E-state index >= 15 is 0 Å². The molecular formula is C12H10BrNOS. The fourth-order valence-electron chi connectivity index (χ4n) is 2.05. The number of fused-ring (bicyclic) bond motifs is 1. The summed E-state index contributed by atoms with van der Waals surface area (Å²) in [7, 11) is 0. The Morgan fingerprint density at radius 1 is 1.44 bits per heavy atom. The van der Waals surface area contributed by atoms with Crippen LogP contribution in [-0.4, -0.2) is 5.91 Å². The third kappa shape index (κ3) is 1.57. The van der Waals surface area contributed by atoms with Crippen LogP contribution >= 0.6 is 27.3 Å². The van der Waals surface area contributed by atoms with E-state index in [0.29, 0.717) is 5.92 Å². The molecule has 0 unspecified atom stereocenters. The predicted molar refractivity (Wildman–Crippen MR) is 70.0 cm³/mol. The highest BCUT2D eigenvalue weighted by Crippen LogP contribution is 2.48. The number of nitrogens with two attached hydrogens (primary N) is 1. The van der Waals surface area contributed by atoms with E-state index in [4.69, 9.17) is 5.73 Å². The molecule has 3 rings (SSSR count). The lowest BCUT2D eigenvalue weighted by Gasteiger charge is -1.98. The first kappa shape index (κ1) is 10.3. The number of thiophene rings is 1. The van der Waals surface area contributed by atoms with E-state index in [2.05, 4.69) is 28.1 Å². The summed E-state index contributed by atoms with van der Waals surface area (Å²) in [4.78, 5) is 12.2. The molecule has 16 heavy (non-hydrogen) atoms. The van der Waals surface area contributed by atoms with Crippen LogP contribution < -0.4 is 5.73 Å². The lowest BCUT2D eigenvalue weighted by atomic mass is 10.1. The highest BCUT2D eigenvalue weighted by Gasteiger charge is 2.31. The second-order valence-electron chi connectivity index (χ2n) is 4.12. The van der Waals surface area contributed by atoms with E-state index in [1.54, 1.807) is 0 Å². The molecule has 1 heterocycles. The lowest BCUT2D eigenvalue weighted by molar-refractivity contribution is 0.100. The minimum atomic E-state index is -0.292. The van der Waals surface area contributed by atoms with Crippen molar-refractivity contribution in [2.45, 2.75) is 18.8 Å². The van der Waals surface area contributed by atoms with Crippen LogP contribution in [0.15, 0.2) is 22.7 Å². The molecule has 0 spiro atoms. The van der Waals surface area contributed by atoms with Gasteiger partial charge in [-0.25, -0.2) is 0 Å². The summed E-state index contributed by atoms with van der Waals surface area (Å²) in [5, 5.41) is 1.20. The van der Waals surface area contributed by atoms with E-state index in [-0.39, 0.29) is 5.91 Å². The minimum absolute atomic E-state index is 0.292. The van der Waals surface area contributed by atoms with Crippen LogP contribution in [0.5, 0.6) is 0 Å². The van der Waals surface area contributed by atoms with E-state index in [0.717, 1.165) is 14.0 Å². The first-order chi connectivity index (χ1) is 7.66. The number of halogens is 1. The highest BCUT2D eigenvalue weighted by molar-refractivity contribution is 9.10. The molecule has 0 atom stereocenters. The van der Waals surface area contributed by atoms with Gasteiger partial charge in [-0.15, -0.1) is 11.3 Å². The molecule has 1 aromatic heterocycles. The van der Waals surface area contributed by atoms with Crippen molar-refractivity contribution in [1.29, 1.82) is 0 Å². The molecule has 1 saturated carbocycles. The van der Waals surface area contributed by atoms with Gasteiger partial charge in [0.15, 0.2) is 0 Å². The van der Waals surface area contributed by atoms with Crippen LogP contribution in [-0.2, 0) is 0 Å². The number of benzene rings is 1. The van der Waals surface area contributed by atoms with Gasteiger partial charge in [0.05, 0.1) is 4.88 Å². The van der Waals surface area contributed by atoms with E-state index in [1.807, 2.05) is 6.07 Å². The molecule has 1 aliphatic carbocycles. The molecule has 1 fully saturated rings. The maximum absolute atomic E-state index is 11.4. The summed E-state index contributed by atoms with van der Waals surface area (Å²) >= 11 is 4.96. The third-order valence-corrected chi connectivity index (χ3v) is 4.58. The summed E-state index contributed by atoms with van der Waals surface area (Å²) < 4.78 is 2.18. The van der Waals surface area contributed by atoms with Gasteiger partial charge in [0.25, 0.3) is 5.91 Å². The van der Waals surface area contributed by atoms with Crippen LogP contribution in [0.1, 0.15) is 34.0 Å². The Kier molecular flexibility index (Phi) is 2.30. The number of hydrogen-bond acceptors (Lipinski definition) is 2. The summed E-state index contributed by atoms with van der Waals surface area (Å²) in [5.41, 5.74) is 6.62. The maximum Gasteiger partial charge on any atom is 0.259 e. The molecule has 2 aromatic rings. The fourth-order valence-corrected chi connectivity index (χ4v) is 3.74. The zero-order chi connectivity index (χ0) is 11.3. The zero-order valence-corrected chi connectivity index (χ0v) is 10.9. The lowest BCUT2D eigenvalue weighted by Crippen LogP contribution is -2.10. The van der Waals surface area contributed by atoms with Gasteiger partial charge in [-0.3, -0.25) is 4.79 Å². The molecular weight excluding hydrogens is 286 g/mol. The Bertz CT molecular complexity index is 586. The van der Waals surface area contributed by atoms with Crippen LogP contribution in [0.3, 0.4) is 0 Å². The molecule has 4 heteroatoms. The molecule has 2 nitrogen and oxygen atoms in total.